The number of benzene rings is 2. The van der Waals surface area contributed by atoms with Gasteiger partial charge in [0, 0.05) is 77.0 Å². The van der Waals surface area contributed by atoms with E-state index in [-0.39, 0.29) is 11.5 Å². The third kappa shape index (κ3) is 6.78. The lowest BCUT2D eigenvalue weighted by Gasteiger charge is -2.26. The highest BCUT2D eigenvalue weighted by Gasteiger charge is 2.23. The van der Waals surface area contributed by atoms with Crippen LogP contribution in [-0.2, 0) is 16.0 Å². The Kier molecular flexibility index (Phi) is 9.51. The van der Waals surface area contributed by atoms with E-state index >= 15 is 0 Å². The minimum absolute atomic E-state index is 0.186. The molecule has 0 spiro atoms. The molecular formula is C32H42N8O4. The molecule has 44 heavy (non-hydrogen) atoms. The Morgan fingerprint density at radius 2 is 1.48 bits per heavy atom. The molecule has 0 radical (unpaired) electrons. The molecule has 0 aliphatic carbocycles. The van der Waals surface area contributed by atoms with Crippen molar-refractivity contribution >= 4 is 22.4 Å². The molecule has 0 aromatic heterocycles. The molecule has 12 nitrogen and oxygen atoms in total. The minimum atomic E-state index is -0.554. The first kappa shape index (κ1) is 30.2. The van der Waals surface area contributed by atoms with Crippen molar-refractivity contribution in [2.75, 3.05) is 96.6 Å². The van der Waals surface area contributed by atoms with E-state index in [2.05, 4.69) is 20.1 Å². The molecule has 0 unspecified atom stereocenters. The molecule has 2 saturated heterocycles. The molecular weight excluding hydrogens is 560 g/mol. The number of rotatable bonds is 11. The Morgan fingerprint density at radius 3 is 2.14 bits per heavy atom. The van der Waals surface area contributed by atoms with E-state index in [9.17, 15) is 9.59 Å². The average Bonchev–Trinajstić information content (AvgIpc) is 3.05. The Hall–Kier alpha value is -3.84. The summed E-state index contributed by atoms with van der Waals surface area (Å²) in [7, 11) is 3.98. The van der Waals surface area contributed by atoms with Crippen molar-refractivity contribution in [2.24, 2.45) is 0 Å². The molecule has 2 aromatic rings. The first-order valence-corrected chi connectivity index (χ1v) is 15.6. The monoisotopic (exact) mass is 602 g/mol. The summed E-state index contributed by atoms with van der Waals surface area (Å²) in [6, 6.07) is 13.9. The zero-order chi connectivity index (χ0) is 30.5. The molecule has 6 rings (SSSR count). The lowest BCUT2D eigenvalue weighted by Crippen LogP contribution is -2.40. The number of aromatic nitrogens is 4. The zero-order valence-electron chi connectivity index (χ0n) is 25.7. The number of ether oxygens (including phenoxy) is 2. The van der Waals surface area contributed by atoms with Gasteiger partial charge < -0.3 is 19.7 Å². The molecule has 4 aliphatic rings. The van der Waals surface area contributed by atoms with Crippen LogP contribution in [-0.4, -0.2) is 115 Å². The summed E-state index contributed by atoms with van der Waals surface area (Å²) in [5.41, 5.74) is 3.43. The van der Waals surface area contributed by atoms with E-state index in [1.54, 1.807) is 0 Å². The van der Waals surface area contributed by atoms with Crippen molar-refractivity contribution in [3.8, 4) is 17.2 Å². The van der Waals surface area contributed by atoms with Gasteiger partial charge in [0.05, 0.1) is 37.5 Å². The van der Waals surface area contributed by atoms with Crippen LogP contribution in [0.5, 0.6) is 0 Å². The van der Waals surface area contributed by atoms with Crippen molar-refractivity contribution in [1.82, 2.24) is 28.9 Å². The van der Waals surface area contributed by atoms with Gasteiger partial charge in [-0.3, -0.25) is 23.7 Å². The number of hydrogen-bond acceptors (Lipinski definition) is 10. The third-order valence-corrected chi connectivity index (χ3v) is 8.42. The fourth-order valence-electron chi connectivity index (χ4n) is 5.91. The van der Waals surface area contributed by atoms with Crippen LogP contribution >= 0.6 is 0 Å². The molecule has 0 bridgehead atoms. The first-order valence-electron chi connectivity index (χ1n) is 15.6. The van der Waals surface area contributed by atoms with Gasteiger partial charge in [-0.25, -0.2) is 9.78 Å². The number of nitrogens with one attached hydrogen (secondary N) is 1. The summed E-state index contributed by atoms with van der Waals surface area (Å²) in [5, 5.41) is 3.54. The predicted molar refractivity (Wildman–Crippen MR) is 173 cm³/mol. The molecule has 12 heteroatoms. The van der Waals surface area contributed by atoms with E-state index < -0.39 is 11.2 Å². The Balaban J connectivity index is 1.33. The van der Waals surface area contributed by atoms with Crippen LogP contribution in [0.15, 0.2) is 52.1 Å². The summed E-state index contributed by atoms with van der Waals surface area (Å²) in [5.74, 6) is 0.263. The number of nitrogens with zero attached hydrogens (tertiary/aromatic N) is 7. The van der Waals surface area contributed by atoms with E-state index in [0.717, 1.165) is 88.0 Å². The van der Waals surface area contributed by atoms with Gasteiger partial charge in [0.25, 0.3) is 5.56 Å². The van der Waals surface area contributed by atoms with Crippen LogP contribution in [0.25, 0.3) is 28.2 Å². The Morgan fingerprint density at radius 1 is 0.818 bits per heavy atom. The summed E-state index contributed by atoms with van der Waals surface area (Å²) in [6.45, 7) is 9.62. The fourth-order valence-corrected chi connectivity index (χ4v) is 5.91. The van der Waals surface area contributed by atoms with Crippen LogP contribution in [0, 0.1) is 0 Å². The van der Waals surface area contributed by atoms with Crippen LogP contribution in [0.3, 0.4) is 0 Å². The van der Waals surface area contributed by atoms with Gasteiger partial charge in [0.2, 0.25) is 0 Å². The maximum absolute atomic E-state index is 13.8. The second-order valence-corrected chi connectivity index (χ2v) is 11.6. The second kappa shape index (κ2) is 13.9. The van der Waals surface area contributed by atoms with Crippen molar-refractivity contribution < 1.29 is 9.47 Å². The first-order chi connectivity index (χ1) is 21.5. The molecule has 234 valence electrons. The molecule has 2 aromatic carbocycles. The largest absolute Gasteiger partial charge is 0.385 e. The third-order valence-electron chi connectivity index (χ3n) is 8.42. The lowest BCUT2D eigenvalue weighted by molar-refractivity contribution is 0.0368. The van der Waals surface area contributed by atoms with Gasteiger partial charge in [-0.05, 0) is 61.9 Å². The van der Waals surface area contributed by atoms with Crippen molar-refractivity contribution in [3.63, 3.8) is 0 Å². The maximum atomic E-state index is 13.8. The summed E-state index contributed by atoms with van der Waals surface area (Å²) < 4.78 is 14.0. The smallest absolute Gasteiger partial charge is 0.352 e. The van der Waals surface area contributed by atoms with Crippen LogP contribution in [0.4, 0.5) is 11.4 Å². The zero-order valence-corrected chi connectivity index (χ0v) is 25.7. The maximum Gasteiger partial charge on any atom is 0.352 e. The fraction of sp³-hybridized carbons (Fsp3) is 0.500. The normalized spacial score (nSPS) is 16.5. The van der Waals surface area contributed by atoms with Crippen LogP contribution in [0.1, 0.15) is 12.8 Å². The van der Waals surface area contributed by atoms with Crippen molar-refractivity contribution in [2.45, 2.75) is 19.4 Å². The highest BCUT2D eigenvalue weighted by Crippen LogP contribution is 2.28. The van der Waals surface area contributed by atoms with Crippen LogP contribution < -0.4 is 21.5 Å². The molecule has 4 heterocycles. The number of fused-ring (bicyclic) bond motifs is 2. The van der Waals surface area contributed by atoms with Gasteiger partial charge in [-0.2, -0.15) is 4.98 Å². The van der Waals surface area contributed by atoms with Crippen molar-refractivity contribution in [3.05, 3.63) is 63.3 Å². The van der Waals surface area contributed by atoms with Gasteiger partial charge in [0.15, 0.2) is 11.5 Å². The highest BCUT2D eigenvalue weighted by atomic mass is 16.5. The quantitative estimate of drug-likeness (QED) is 0.202. The average molecular weight is 603 g/mol. The molecule has 0 saturated carbocycles. The number of hydrogen-bond donors (Lipinski definition) is 1. The van der Waals surface area contributed by atoms with E-state index in [4.69, 9.17) is 14.5 Å². The molecule has 0 amide bonds. The Labute approximate surface area is 257 Å². The van der Waals surface area contributed by atoms with Crippen molar-refractivity contribution in [1.29, 1.82) is 0 Å². The molecule has 4 aliphatic heterocycles. The molecule has 1 N–H and O–H groups in total. The molecule has 0 atom stereocenters. The summed E-state index contributed by atoms with van der Waals surface area (Å²) >= 11 is 0. The molecule has 2 fully saturated rings. The standard InChI is InChI=1S/C32H42N8O4/c1-36(2)25-6-8-26(9-7-25)40-28-23-24(33-11-3-12-37-15-19-43-20-16-37)5-10-27(28)34-29-30(40)35-32(42)39(31(29)41)14-4-13-38-17-21-44-22-18-38/h5-10,23,33H,3-4,11-22H2,1-2H3. The summed E-state index contributed by atoms with van der Waals surface area (Å²) in [6.07, 6.45) is 1.68. The van der Waals surface area contributed by atoms with Gasteiger partial charge in [-0.15, -0.1) is 0 Å². The minimum Gasteiger partial charge on any atom is -0.385 e. The highest BCUT2D eigenvalue weighted by molar-refractivity contribution is 5.85. The summed E-state index contributed by atoms with van der Waals surface area (Å²) in [4.78, 5) is 43.1. The van der Waals surface area contributed by atoms with Gasteiger partial charge in [0.1, 0.15) is 0 Å². The Bertz CT molecular complexity index is 1640. The predicted octanol–water partition coefficient (Wildman–Crippen LogP) is 1.97. The number of morpholine rings is 2. The second-order valence-electron chi connectivity index (χ2n) is 11.6. The lowest BCUT2D eigenvalue weighted by atomic mass is 10.2. The SMILES string of the molecule is CN(C)c1ccc(-n2c3nc(=O)n(CCCN4CCOCC4)c(=O)c-3nc3ccc(NCCCN4CCOCC4)cc32)cc1. The topological polar surface area (TPSA) is 110 Å². The van der Waals surface area contributed by atoms with E-state index in [1.165, 1.54) is 4.57 Å². The van der Waals surface area contributed by atoms with E-state index in [0.29, 0.717) is 31.7 Å². The van der Waals surface area contributed by atoms with E-state index in [1.807, 2.05) is 66.0 Å². The van der Waals surface area contributed by atoms with Gasteiger partial charge >= 0.3 is 5.69 Å². The van der Waals surface area contributed by atoms with Gasteiger partial charge in [-0.1, -0.05) is 0 Å². The number of anilines is 2. The van der Waals surface area contributed by atoms with Crippen LogP contribution in [0.2, 0.25) is 0 Å².